The minimum atomic E-state index is -0.954. The van der Waals surface area contributed by atoms with Crippen LogP contribution in [-0.2, 0) is 32.0 Å². The number of rotatable bonds is 4. The van der Waals surface area contributed by atoms with Crippen molar-refractivity contribution in [2.24, 2.45) is 5.92 Å². The Morgan fingerprint density at radius 3 is 2.59 bits per heavy atom. The molecule has 0 unspecified atom stereocenters. The van der Waals surface area contributed by atoms with Crippen LogP contribution in [0.1, 0.15) is 44.6 Å². The smallest absolute Gasteiger partial charge is 0.341 e. The quantitative estimate of drug-likeness (QED) is 0.392. The van der Waals surface area contributed by atoms with Crippen molar-refractivity contribution >= 4 is 51.1 Å². The molecule has 0 radical (unpaired) electrons. The molecule has 2 saturated heterocycles. The number of anilines is 2. The zero-order valence-corrected chi connectivity index (χ0v) is 20.1. The molecule has 1 aromatic carbocycles. The number of hydrogen-bond acceptors (Lipinski definition) is 8. The highest BCUT2D eigenvalue weighted by Gasteiger charge is 2.61. The number of carbonyl (C=O) groups is 3. The highest BCUT2D eigenvalue weighted by molar-refractivity contribution is 7.17. The Kier molecular flexibility index (Phi) is 5.28. The number of carbonyl (C=O) groups excluding carboxylic acids is 3. The van der Waals surface area contributed by atoms with Crippen molar-refractivity contribution in [3.8, 4) is 0 Å². The van der Waals surface area contributed by atoms with Gasteiger partial charge in [0.25, 0.3) is 5.91 Å². The number of imide groups is 1. The van der Waals surface area contributed by atoms with E-state index in [0.29, 0.717) is 10.6 Å². The molecule has 2 aliphatic heterocycles. The summed E-state index contributed by atoms with van der Waals surface area (Å²) in [5, 5.41) is 4.02. The largest absolute Gasteiger partial charge is 0.465 e. The first kappa shape index (κ1) is 21.5. The lowest BCUT2D eigenvalue weighted by atomic mass is 9.95. The molecule has 9 heteroatoms. The summed E-state index contributed by atoms with van der Waals surface area (Å²) in [7, 11) is 1.33. The molecular formula is C25H22N2O5S2. The molecular weight excluding hydrogens is 472 g/mol. The van der Waals surface area contributed by atoms with Gasteiger partial charge in [0.05, 0.1) is 18.4 Å². The molecule has 3 aliphatic rings. The molecule has 3 aromatic rings. The molecule has 2 amide bonds. The fourth-order valence-electron chi connectivity index (χ4n) is 5.18. The first-order valence-corrected chi connectivity index (χ1v) is 12.9. The lowest BCUT2D eigenvalue weighted by Gasteiger charge is -2.27. The topological polar surface area (TPSA) is 76.2 Å². The Balaban J connectivity index is 1.44. The number of ether oxygens (including phenoxy) is 1. The third-order valence-electron chi connectivity index (χ3n) is 6.71. The van der Waals surface area contributed by atoms with Crippen molar-refractivity contribution in [2.75, 3.05) is 17.1 Å². The summed E-state index contributed by atoms with van der Waals surface area (Å²) in [6.45, 7) is 0. The van der Waals surface area contributed by atoms with Crippen molar-refractivity contribution in [3.05, 3.63) is 68.7 Å². The number of esters is 1. The molecule has 0 spiro atoms. The van der Waals surface area contributed by atoms with E-state index in [1.165, 1.54) is 34.7 Å². The van der Waals surface area contributed by atoms with Gasteiger partial charge in [0.15, 0.2) is 6.10 Å². The van der Waals surface area contributed by atoms with Crippen LogP contribution in [0.4, 0.5) is 10.7 Å². The minimum absolute atomic E-state index is 0.337. The van der Waals surface area contributed by atoms with Crippen LogP contribution >= 0.6 is 22.7 Å². The van der Waals surface area contributed by atoms with E-state index < -0.39 is 29.9 Å². The molecule has 0 N–H and O–H groups in total. The number of hydroxylamine groups is 1. The molecule has 2 fully saturated rings. The zero-order valence-electron chi connectivity index (χ0n) is 18.4. The van der Waals surface area contributed by atoms with Crippen LogP contribution in [0.5, 0.6) is 0 Å². The van der Waals surface area contributed by atoms with Gasteiger partial charge in [-0.3, -0.25) is 14.4 Å². The van der Waals surface area contributed by atoms with Crippen LogP contribution < -0.4 is 9.96 Å². The van der Waals surface area contributed by atoms with Gasteiger partial charge in [0, 0.05) is 9.75 Å². The molecule has 4 heterocycles. The number of aryl methyl sites for hydroxylation is 1. The fourth-order valence-corrected chi connectivity index (χ4v) is 7.42. The molecule has 7 nitrogen and oxygen atoms in total. The first-order chi connectivity index (χ1) is 16.6. The predicted octanol–water partition coefficient (Wildman–Crippen LogP) is 4.53. The third kappa shape index (κ3) is 3.14. The molecule has 34 heavy (non-hydrogen) atoms. The Hall–Kier alpha value is -3.01. The third-order valence-corrected chi connectivity index (χ3v) is 8.93. The van der Waals surface area contributed by atoms with Gasteiger partial charge in [-0.1, -0.05) is 24.3 Å². The number of amides is 2. The van der Waals surface area contributed by atoms with Crippen LogP contribution in [0.15, 0.2) is 47.8 Å². The van der Waals surface area contributed by atoms with Gasteiger partial charge in [-0.05, 0) is 54.8 Å². The zero-order chi connectivity index (χ0) is 23.4. The Bertz CT molecular complexity index is 1270. The maximum Gasteiger partial charge on any atom is 0.341 e. The van der Waals surface area contributed by atoms with Crippen LogP contribution in [0.25, 0.3) is 0 Å². The van der Waals surface area contributed by atoms with Crippen LogP contribution in [0.3, 0.4) is 0 Å². The number of hydrogen-bond donors (Lipinski definition) is 0. The Labute approximate surface area is 204 Å². The number of thiophene rings is 2. The summed E-state index contributed by atoms with van der Waals surface area (Å²) in [6.07, 6.45) is 2.62. The summed E-state index contributed by atoms with van der Waals surface area (Å²) in [5.74, 6) is -1.99. The van der Waals surface area contributed by atoms with Gasteiger partial charge < -0.3 is 4.74 Å². The van der Waals surface area contributed by atoms with Crippen molar-refractivity contribution in [1.29, 1.82) is 0 Å². The lowest BCUT2D eigenvalue weighted by Crippen LogP contribution is -2.37. The molecule has 0 saturated carbocycles. The predicted molar refractivity (Wildman–Crippen MR) is 129 cm³/mol. The van der Waals surface area contributed by atoms with E-state index in [1.54, 1.807) is 5.06 Å². The minimum Gasteiger partial charge on any atom is -0.465 e. The van der Waals surface area contributed by atoms with Crippen molar-refractivity contribution in [1.82, 2.24) is 0 Å². The van der Waals surface area contributed by atoms with Gasteiger partial charge in [0.1, 0.15) is 17.0 Å². The monoisotopic (exact) mass is 494 g/mol. The van der Waals surface area contributed by atoms with E-state index in [4.69, 9.17) is 9.57 Å². The highest BCUT2D eigenvalue weighted by atomic mass is 32.1. The SMILES string of the molecule is COC(=O)c1c(N2C(=O)[C@@H]3[C@H](ON(c4ccccc4)[C@@H]3c3cccs3)C2=O)sc2c1CCCC2. The van der Waals surface area contributed by atoms with Gasteiger partial charge >= 0.3 is 5.97 Å². The molecule has 2 aromatic heterocycles. The maximum absolute atomic E-state index is 13.9. The first-order valence-electron chi connectivity index (χ1n) is 11.2. The second-order valence-corrected chi connectivity index (χ2v) is 10.6. The van der Waals surface area contributed by atoms with Gasteiger partial charge in [0.2, 0.25) is 5.91 Å². The number of fused-ring (bicyclic) bond motifs is 2. The van der Waals surface area contributed by atoms with E-state index in [0.717, 1.165) is 46.7 Å². The number of benzene rings is 1. The standard InChI is InChI=1S/C25H22N2O5S2/c1-31-25(30)18-15-10-5-6-11-16(15)34-24(18)26-22(28)19-20(17-12-7-13-33-17)27(32-21(19)23(26)29)14-8-3-2-4-9-14/h2-4,7-9,12-13,19-21H,5-6,10-11H2,1H3/t19-,20+,21-/m0/s1. The Morgan fingerprint density at radius 2 is 1.85 bits per heavy atom. The van der Waals surface area contributed by atoms with Crippen LogP contribution in [-0.4, -0.2) is 31.0 Å². The molecule has 1 aliphatic carbocycles. The second kappa shape index (κ2) is 8.33. The van der Waals surface area contributed by atoms with Gasteiger partial charge in [-0.15, -0.1) is 22.7 Å². The number of methoxy groups -OCH3 is 1. The van der Waals surface area contributed by atoms with E-state index in [2.05, 4.69) is 0 Å². The molecule has 0 bridgehead atoms. The fraction of sp³-hybridized carbons (Fsp3) is 0.320. The molecule has 6 rings (SSSR count). The van der Waals surface area contributed by atoms with E-state index in [-0.39, 0.29) is 5.91 Å². The normalized spacial score (nSPS) is 23.9. The second-order valence-electron chi connectivity index (χ2n) is 8.57. The van der Waals surface area contributed by atoms with Gasteiger partial charge in [-0.2, -0.15) is 0 Å². The summed E-state index contributed by atoms with van der Waals surface area (Å²) >= 11 is 2.89. The van der Waals surface area contributed by atoms with E-state index in [9.17, 15) is 14.4 Å². The van der Waals surface area contributed by atoms with Crippen LogP contribution in [0.2, 0.25) is 0 Å². The van der Waals surface area contributed by atoms with Crippen molar-refractivity contribution < 1.29 is 24.0 Å². The summed E-state index contributed by atoms with van der Waals surface area (Å²) in [4.78, 5) is 49.7. The van der Waals surface area contributed by atoms with Crippen molar-refractivity contribution in [2.45, 2.75) is 37.8 Å². The lowest BCUT2D eigenvalue weighted by molar-refractivity contribution is -0.126. The number of nitrogens with zero attached hydrogens (tertiary/aromatic N) is 2. The average Bonchev–Trinajstić information content (AvgIpc) is 3.63. The van der Waals surface area contributed by atoms with Gasteiger partial charge in [-0.25, -0.2) is 14.8 Å². The highest BCUT2D eigenvalue weighted by Crippen LogP contribution is 2.51. The van der Waals surface area contributed by atoms with E-state index in [1.807, 2.05) is 47.8 Å². The summed E-state index contributed by atoms with van der Waals surface area (Å²) < 4.78 is 5.06. The molecule has 3 atom stereocenters. The van der Waals surface area contributed by atoms with E-state index >= 15 is 0 Å². The maximum atomic E-state index is 13.9. The van der Waals surface area contributed by atoms with Crippen molar-refractivity contribution in [3.63, 3.8) is 0 Å². The van der Waals surface area contributed by atoms with Crippen LogP contribution in [0, 0.1) is 5.92 Å². The Morgan fingerprint density at radius 1 is 1.06 bits per heavy atom. The summed E-state index contributed by atoms with van der Waals surface area (Å²) in [5.41, 5.74) is 2.05. The molecule has 174 valence electrons. The number of para-hydroxylation sites is 1. The average molecular weight is 495 g/mol. The summed E-state index contributed by atoms with van der Waals surface area (Å²) in [6, 6.07) is 12.9.